The van der Waals surface area contributed by atoms with E-state index in [1.54, 1.807) is 11.1 Å². The molecule has 0 saturated heterocycles. The Labute approximate surface area is 148 Å². The molecule has 24 heavy (non-hydrogen) atoms. The van der Waals surface area contributed by atoms with Crippen LogP contribution in [0.5, 0.6) is 0 Å². The fourth-order valence-electron chi connectivity index (χ4n) is 3.35. The van der Waals surface area contributed by atoms with E-state index in [2.05, 4.69) is 45.9 Å². The predicted molar refractivity (Wildman–Crippen MR) is 103 cm³/mol. The van der Waals surface area contributed by atoms with Crippen LogP contribution in [-0.2, 0) is 9.53 Å². The molecule has 0 N–H and O–H groups in total. The number of ether oxygens (including phenoxy) is 1. The summed E-state index contributed by atoms with van der Waals surface area (Å²) in [6.45, 7) is 13.1. The lowest BCUT2D eigenvalue weighted by Crippen LogP contribution is -2.20. The molecule has 0 radical (unpaired) electrons. The zero-order chi connectivity index (χ0) is 18.2. The molecule has 0 amide bonds. The van der Waals surface area contributed by atoms with Crippen molar-refractivity contribution in [2.75, 3.05) is 6.61 Å². The van der Waals surface area contributed by atoms with Crippen molar-refractivity contribution in [3.8, 4) is 0 Å². The molecule has 0 unspecified atom stereocenters. The van der Waals surface area contributed by atoms with Crippen LogP contribution < -0.4 is 0 Å². The summed E-state index contributed by atoms with van der Waals surface area (Å²) in [5.74, 6) is -0.242. The fraction of sp³-hybridized carbons (Fsp3) is 0.591. The van der Waals surface area contributed by atoms with Gasteiger partial charge in [0.15, 0.2) is 0 Å². The first kappa shape index (κ1) is 20.5. The summed E-state index contributed by atoms with van der Waals surface area (Å²) in [6, 6.07) is 0. The summed E-state index contributed by atoms with van der Waals surface area (Å²) in [5, 5.41) is 0. The second-order valence-electron chi connectivity index (χ2n) is 7.62. The van der Waals surface area contributed by atoms with E-state index >= 15 is 0 Å². The molecule has 0 aliphatic heterocycles. The van der Waals surface area contributed by atoms with E-state index in [-0.39, 0.29) is 5.97 Å². The molecule has 1 aliphatic carbocycles. The van der Waals surface area contributed by atoms with E-state index in [0.29, 0.717) is 12.0 Å². The molecule has 0 heterocycles. The first-order chi connectivity index (χ1) is 11.2. The molecule has 2 heteroatoms. The van der Waals surface area contributed by atoms with Crippen LogP contribution in [0.4, 0.5) is 0 Å². The monoisotopic (exact) mass is 330 g/mol. The average molecular weight is 331 g/mol. The van der Waals surface area contributed by atoms with Gasteiger partial charge in [-0.05, 0) is 64.4 Å². The van der Waals surface area contributed by atoms with Crippen molar-refractivity contribution >= 4 is 5.97 Å². The summed E-state index contributed by atoms with van der Waals surface area (Å²) in [6.07, 6.45) is 14.5. The van der Waals surface area contributed by atoms with E-state index in [1.165, 1.54) is 38.2 Å². The summed E-state index contributed by atoms with van der Waals surface area (Å²) in [4.78, 5) is 10.7. The lowest BCUT2D eigenvalue weighted by atomic mass is 9.71. The third-order valence-electron chi connectivity index (χ3n) is 4.89. The van der Waals surface area contributed by atoms with Crippen molar-refractivity contribution in [3.05, 3.63) is 46.6 Å². The van der Waals surface area contributed by atoms with Crippen molar-refractivity contribution in [2.45, 2.75) is 73.6 Å². The molecule has 1 aliphatic rings. The molecule has 1 rings (SSSR count). The summed E-state index contributed by atoms with van der Waals surface area (Å²) >= 11 is 0. The summed E-state index contributed by atoms with van der Waals surface area (Å²) in [5.41, 5.74) is 6.16. The zero-order valence-corrected chi connectivity index (χ0v) is 16.4. The van der Waals surface area contributed by atoms with E-state index in [0.717, 1.165) is 12.0 Å². The van der Waals surface area contributed by atoms with Gasteiger partial charge >= 0.3 is 5.97 Å². The number of rotatable bonds is 7. The molecular weight excluding hydrogens is 296 g/mol. The van der Waals surface area contributed by atoms with Crippen molar-refractivity contribution in [2.24, 2.45) is 5.41 Å². The van der Waals surface area contributed by atoms with Gasteiger partial charge in [-0.1, -0.05) is 54.4 Å². The molecule has 0 aromatic rings. The molecule has 0 bridgehead atoms. The van der Waals surface area contributed by atoms with Crippen molar-refractivity contribution in [3.63, 3.8) is 0 Å². The topological polar surface area (TPSA) is 26.3 Å². The molecule has 0 spiro atoms. The highest BCUT2D eigenvalue weighted by Crippen LogP contribution is 2.42. The number of hydrogen-bond donors (Lipinski definition) is 0. The number of carbonyl (C=O) groups is 1. The highest BCUT2D eigenvalue weighted by molar-refractivity contribution is 5.66. The van der Waals surface area contributed by atoms with Gasteiger partial charge in [0.05, 0.1) is 0 Å². The van der Waals surface area contributed by atoms with Crippen LogP contribution in [0, 0.1) is 5.41 Å². The smallest absolute Gasteiger partial charge is 0.302 e. The fourth-order valence-corrected chi connectivity index (χ4v) is 3.35. The zero-order valence-electron chi connectivity index (χ0n) is 16.4. The minimum absolute atomic E-state index is 0.242. The number of carbonyl (C=O) groups excluding carboxylic acids is 1. The van der Waals surface area contributed by atoms with Gasteiger partial charge < -0.3 is 4.74 Å². The second-order valence-corrected chi connectivity index (χ2v) is 7.62. The summed E-state index contributed by atoms with van der Waals surface area (Å²) in [7, 11) is 0. The van der Waals surface area contributed by atoms with Crippen LogP contribution in [0.1, 0.15) is 73.6 Å². The van der Waals surface area contributed by atoms with E-state index in [1.807, 2.05) is 13.0 Å². The Bertz CT molecular complexity index is 557. The lowest BCUT2D eigenvalue weighted by Gasteiger charge is -2.34. The number of esters is 1. The minimum Gasteiger partial charge on any atom is -0.462 e. The highest BCUT2D eigenvalue weighted by atomic mass is 16.5. The third kappa shape index (κ3) is 7.33. The quantitative estimate of drug-likeness (QED) is 0.311. The molecule has 0 aromatic carbocycles. The van der Waals surface area contributed by atoms with Crippen LogP contribution in [0.3, 0.4) is 0 Å². The molecule has 134 valence electrons. The second kappa shape index (κ2) is 9.66. The van der Waals surface area contributed by atoms with E-state index in [4.69, 9.17) is 4.74 Å². The van der Waals surface area contributed by atoms with Gasteiger partial charge in [-0.25, -0.2) is 0 Å². The van der Waals surface area contributed by atoms with E-state index < -0.39 is 0 Å². The van der Waals surface area contributed by atoms with Gasteiger partial charge in [0.25, 0.3) is 0 Å². The molecular formula is C22H34O2. The summed E-state index contributed by atoms with van der Waals surface area (Å²) < 4.78 is 4.91. The minimum atomic E-state index is -0.242. The lowest BCUT2D eigenvalue weighted by molar-refractivity contribution is -0.139. The number of hydrogen-bond acceptors (Lipinski definition) is 2. The van der Waals surface area contributed by atoms with Crippen molar-refractivity contribution in [1.29, 1.82) is 0 Å². The van der Waals surface area contributed by atoms with Gasteiger partial charge in [0.2, 0.25) is 0 Å². The van der Waals surface area contributed by atoms with Gasteiger partial charge in [0, 0.05) is 6.92 Å². The standard InChI is InChI=1S/C22H34O2/c1-17(9-7-10-18(2)14-16-24-20(4)23)12-13-21-19(3)11-8-15-22(21,5)6/h7,9-10,14H,8,11-13,15-16H2,1-6H3. The number of allylic oxidation sites excluding steroid dienone is 7. The van der Waals surface area contributed by atoms with Gasteiger partial charge in [0.1, 0.15) is 6.61 Å². The average Bonchev–Trinajstić information content (AvgIpc) is 2.45. The molecule has 0 atom stereocenters. The van der Waals surface area contributed by atoms with E-state index in [9.17, 15) is 4.79 Å². The van der Waals surface area contributed by atoms with Crippen LogP contribution in [0.25, 0.3) is 0 Å². The Balaban J connectivity index is 2.52. The third-order valence-corrected chi connectivity index (χ3v) is 4.89. The first-order valence-electron chi connectivity index (χ1n) is 9.05. The molecule has 0 fully saturated rings. The van der Waals surface area contributed by atoms with Crippen LogP contribution in [-0.4, -0.2) is 12.6 Å². The largest absolute Gasteiger partial charge is 0.462 e. The van der Waals surface area contributed by atoms with Gasteiger partial charge in [-0.15, -0.1) is 0 Å². The predicted octanol–water partition coefficient (Wildman–Crippen LogP) is 6.31. The Hall–Kier alpha value is -1.57. The maximum atomic E-state index is 10.7. The maximum absolute atomic E-state index is 10.7. The highest BCUT2D eigenvalue weighted by Gasteiger charge is 2.27. The first-order valence-corrected chi connectivity index (χ1v) is 9.05. The molecule has 0 aromatic heterocycles. The SMILES string of the molecule is CC(=O)OCC=C(C)C=CC=C(C)CCC1=C(C)CCCC1(C)C. The van der Waals surface area contributed by atoms with Crippen LogP contribution >= 0.6 is 0 Å². The normalized spacial score (nSPS) is 19.1. The Kier molecular flexibility index (Phi) is 8.24. The Morgan fingerprint density at radius 3 is 2.58 bits per heavy atom. The van der Waals surface area contributed by atoms with Crippen LogP contribution in [0.15, 0.2) is 46.6 Å². The van der Waals surface area contributed by atoms with Gasteiger partial charge in [-0.3, -0.25) is 4.79 Å². The van der Waals surface area contributed by atoms with Crippen molar-refractivity contribution in [1.82, 2.24) is 0 Å². The molecule has 2 nitrogen and oxygen atoms in total. The Morgan fingerprint density at radius 2 is 1.96 bits per heavy atom. The Morgan fingerprint density at radius 1 is 1.25 bits per heavy atom. The maximum Gasteiger partial charge on any atom is 0.302 e. The van der Waals surface area contributed by atoms with Crippen molar-refractivity contribution < 1.29 is 9.53 Å². The van der Waals surface area contributed by atoms with Gasteiger partial charge in [-0.2, -0.15) is 0 Å². The van der Waals surface area contributed by atoms with Crippen LogP contribution in [0.2, 0.25) is 0 Å². The molecule has 0 saturated carbocycles.